The molecule has 4 amide bonds. The topological polar surface area (TPSA) is 111 Å². The normalized spacial score (nSPS) is 24.4. The zero-order chi connectivity index (χ0) is 21.3. The average molecular weight is 412 g/mol. The van der Waals surface area contributed by atoms with E-state index in [-0.39, 0.29) is 30.5 Å². The van der Waals surface area contributed by atoms with Gasteiger partial charge in [-0.2, -0.15) is 4.39 Å². The molecule has 0 saturated carbocycles. The van der Waals surface area contributed by atoms with Crippen LogP contribution in [0.2, 0.25) is 0 Å². The molecular formula is C18H22F2N4O5. The molecule has 2 saturated heterocycles. The first-order valence-corrected chi connectivity index (χ1v) is 9.08. The van der Waals surface area contributed by atoms with Crippen molar-refractivity contribution < 1.29 is 33.0 Å². The van der Waals surface area contributed by atoms with Crippen LogP contribution in [0.15, 0.2) is 12.1 Å². The molecule has 0 unspecified atom stereocenters. The molecule has 29 heavy (non-hydrogen) atoms. The van der Waals surface area contributed by atoms with E-state index in [1.807, 2.05) is 17.1 Å². The number of carbonyl (C=O) groups is 3. The Morgan fingerprint density at radius 3 is 2.66 bits per heavy atom. The third kappa shape index (κ3) is 4.09. The smallest absolute Gasteiger partial charge is 0.324 e. The average Bonchev–Trinajstić information content (AvgIpc) is 2.93. The van der Waals surface area contributed by atoms with Crippen LogP contribution in [0.5, 0.6) is 5.75 Å². The van der Waals surface area contributed by atoms with Crippen molar-refractivity contribution >= 4 is 23.5 Å². The quantitative estimate of drug-likeness (QED) is 0.601. The second-order valence-corrected chi connectivity index (χ2v) is 7.09. The number of amides is 4. The molecule has 0 aliphatic carbocycles. The zero-order valence-corrected chi connectivity index (χ0v) is 16.0. The van der Waals surface area contributed by atoms with Crippen LogP contribution in [0.4, 0.5) is 19.3 Å². The first-order chi connectivity index (χ1) is 13.6. The molecule has 3 rings (SSSR count). The first-order valence-electron chi connectivity index (χ1n) is 9.08. The monoisotopic (exact) mass is 412 g/mol. The van der Waals surface area contributed by atoms with Gasteiger partial charge in [0.15, 0.2) is 11.6 Å². The van der Waals surface area contributed by atoms with Crippen LogP contribution in [-0.2, 0) is 9.59 Å². The van der Waals surface area contributed by atoms with E-state index < -0.39 is 29.3 Å². The number of hydrogen-bond donors (Lipinski definition) is 3. The molecule has 9 nitrogen and oxygen atoms in total. The van der Waals surface area contributed by atoms with E-state index in [2.05, 4.69) is 5.32 Å². The van der Waals surface area contributed by atoms with Gasteiger partial charge in [-0.15, -0.1) is 0 Å². The highest BCUT2D eigenvalue weighted by Gasteiger charge is 2.44. The molecule has 2 fully saturated rings. The van der Waals surface area contributed by atoms with Crippen molar-refractivity contribution in [3.05, 3.63) is 23.8 Å². The van der Waals surface area contributed by atoms with E-state index in [0.29, 0.717) is 25.3 Å². The Balaban J connectivity index is 1.61. The zero-order valence-electron chi connectivity index (χ0n) is 16.0. The van der Waals surface area contributed by atoms with Gasteiger partial charge in [0.05, 0.1) is 7.11 Å². The number of imide groups is 1. The number of methoxy groups -OCH3 is 1. The molecule has 2 aliphatic heterocycles. The van der Waals surface area contributed by atoms with E-state index >= 15 is 0 Å². The number of anilines is 1. The molecule has 0 aromatic heterocycles. The van der Waals surface area contributed by atoms with Crippen LogP contribution in [-0.4, -0.2) is 66.4 Å². The van der Waals surface area contributed by atoms with E-state index in [4.69, 9.17) is 4.74 Å². The lowest BCUT2D eigenvalue weighted by molar-refractivity contribution is -0.140. The number of rotatable bonds is 5. The third-order valence-electron chi connectivity index (χ3n) is 5.14. The largest absolute Gasteiger partial charge is 0.493 e. The Hall–Kier alpha value is -2.95. The number of urea groups is 1. The van der Waals surface area contributed by atoms with Gasteiger partial charge < -0.3 is 25.0 Å². The summed E-state index contributed by atoms with van der Waals surface area (Å²) in [5, 5.41) is 14.1. The van der Waals surface area contributed by atoms with Crippen molar-refractivity contribution in [3.63, 3.8) is 0 Å². The highest BCUT2D eigenvalue weighted by atomic mass is 19.2. The summed E-state index contributed by atoms with van der Waals surface area (Å²) in [5.74, 6) is -3.45. The number of carbonyl (C=O) groups excluding carboxylic acids is 3. The van der Waals surface area contributed by atoms with Crippen molar-refractivity contribution in [1.29, 1.82) is 0 Å². The van der Waals surface area contributed by atoms with Gasteiger partial charge in [0, 0.05) is 56.3 Å². The fraction of sp³-hybridized carbons (Fsp3) is 0.500. The minimum absolute atomic E-state index is 0.143. The van der Waals surface area contributed by atoms with Gasteiger partial charge in [-0.25, -0.2) is 9.18 Å². The molecule has 2 heterocycles. The Labute approximate surface area is 165 Å². The van der Waals surface area contributed by atoms with Crippen LogP contribution in [0.1, 0.15) is 19.8 Å². The standard InChI is InChI=1S/C18H22F2N4O5/c1-10-9-23(14(25)3-4-18(28)16(26)21-17(27)22-18)5-6-24(10)11-7-12(19)15(20)13(8-11)29-2/h7-8,10,28H,3-6,9H2,1-2H3,(H2,21,22,26,27)/t10-,18-/m0/s1. The molecular weight excluding hydrogens is 390 g/mol. The lowest BCUT2D eigenvalue weighted by Crippen LogP contribution is -2.54. The first kappa shape index (κ1) is 20.8. The predicted octanol–water partition coefficient (Wildman–Crippen LogP) is 0.319. The number of aliphatic hydroxyl groups is 1. The van der Waals surface area contributed by atoms with Gasteiger partial charge in [-0.05, 0) is 6.92 Å². The molecule has 0 bridgehead atoms. The van der Waals surface area contributed by atoms with Crippen molar-refractivity contribution in [1.82, 2.24) is 15.5 Å². The van der Waals surface area contributed by atoms with Crippen molar-refractivity contribution in [3.8, 4) is 5.75 Å². The van der Waals surface area contributed by atoms with Crippen molar-refractivity contribution in [2.24, 2.45) is 0 Å². The minimum Gasteiger partial charge on any atom is -0.493 e. The SMILES string of the molecule is COc1cc(N2CCN(C(=O)CC[C@@]3(O)NC(=O)NC3=O)C[C@@H]2C)cc(F)c1F. The molecule has 158 valence electrons. The van der Waals surface area contributed by atoms with E-state index in [0.717, 1.165) is 6.07 Å². The Morgan fingerprint density at radius 1 is 1.34 bits per heavy atom. The molecule has 11 heteroatoms. The molecule has 3 N–H and O–H groups in total. The highest BCUT2D eigenvalue weighted by Crippen LogP contribution is 2.29. The van der Waals surface area contributed by atoms with E-state index in [1.165, 1.54) is 13.2 Å². The van der Waals surface area contributed by atoms with Gasteiger partial charge >= 0.3 is 6.03 Å². The van der Waals surface area contributed by atoms with Crippen LogP contribution in [0.3, 0.4) is 0 Å². The number of halogens is 2. The van der Waals surface area contributed by atoms with Gasteiger partial charge in [0.1, 0.15) is 0 Å². The fourth-order valence-corrected chi connectivity index (χ4v) is 3.54. The molecule has 1 aromatic carbocycles. The number of piperazine rings is 1. The number of benzene rings is 1. The molecule has 0 spiro atoms. The summed E-state index contributed by atoms with van der Waals surface area (Å²) < 4.78 is 32.4. The molecule has 2 aliphatic rings. The Kier molecular flexibility index (Phi) is 5.60. The highest BCUT2D eigenvalue weighted by molar-refractivity contribution is 6.06. The number of hydrogen-bond acceptors (Lipinski definition) is 6. The molecule has 0 radical (unpaired) electrons. The molecule has 1 aromatic rings. The van der Waals surface area contributed by atoms with Gasteiger partial charge in [0.25, 0.3) is 5.91 Å². The summed E-state index contributed by atoms with van der Waals surface area (Å²) in [6.45, 7) is 2.85. The lowest BCUT2D eigenvalue weighted by Gasteiger charge is -2.41. The van der Waals surface area contributed by atoms with Crippen LogP contribution in [0.25, 0.3) is 0 Å². The summed E-state index contributed by atoms with van der Waals surface area (Å²) in [4.78, 5) is 38.7. The van der Waals surface area contributed by atoms with Gasteiger partial charge in [0.2, 0.25) is 17.4 Å². The lowest BCUT2D eigenvalue weighted by atomic mass is 10.1. The maximum absolute atomic E-state index is 13.8. The second-order valence-electron chi connectivity index (χ2n) is 7.09. The van der Waals surface area contributed by atoms with Crippen molar-refractivity contribution in [2.45, 2.75) is 31.5 Å². The maximum atomic E-state index is 13.8. The fourth-order valence-electron chi connectivity index (χ4n) is 3.54. The van der Waals surface area contributed by atoms with E-state index in [9.17, 15) is 28.3 Å². The van der Waals surface area contributed by atoms with Crippen LogP contribution >= 0.6 is 0 Å². The number of nitrogens with one attached hydrogen (secondary N) is 2. The number of nitrogens with zero attached hydrogens (tertiary/aromatic N) is 2. The summed E-state index contributed by atoms with van der Waals surface area (Å²) in [5.41, 5.74) is -1.65. The van der Waals surface area contributed by atoms with Crippen LogP contribution in [0, 0.1) is 11.6 Å². The predicted molar refractivity (Wildman–Crippen MR) is 97.2 cm³/mol. The second kappa shape index (κ2) is 7.82. The minimum atomic E-state index is -2.09. The van der Waals surface area contributed by atoms with Gasteiger partial charge in [-0.1, -0.05) is 0 Å². The Bertz CT molecular complexity index is 852. The van der Waals surface area contributed by atoms with E-state index in [1.54, 1.807) is 4.90 Å². The summed E-state index contributed by atoms with van der Waals surface area (Å²) in [6, 6.07) is 1.49. The third-order valence-corrected chi connectivity index (χ3v) is 5.14. The summed E-state index contributed by atoms with van der Waals surface area (Å²) in [6.07, 6.45) is -0.395. The number of ether oxygens (including phenoxy) is 1. The Morgan fingerprint density at radius 2 is 2.07 bits per heavy atom. The summed E-state index contributed by atoms with van der Waals surface area (Å²) >= 11 is 0. The maximum Gasteiger partial charge on any atom is 0.324 e. The van der Waals surface area contributed by atoms with Gasteiger partial charge in [-0.3, -0.25) is 14.9 Å². The molecule has 2 atom stereocenters. The summed E-state index contributed by atoms with van der Waals surface area (Å²) in [7, 11) is 1.25. The van der Waals surface area contributed by atoms with Crippen molar-refractivity contribution in [2.75, 3.05) is 31.6 Å². The van der Waals surface area contributed by atoms with Crippen LogP contribution < -0.4 is 20.3 Å².